The summed E-state index contributed by atoms with van der Waals surface area (Å²) in [6.07, 6.45) is 3.35. The minimum Gasteiger partial charge on any atom is -0.508 e. The van der Waals surface area contributed by atoms with Crippen molar-refractivity contribution in [2.45, 2.75) is 6.92 Å². The number of H-pyrrole nitrogens is 1. The van der Waals surface area contributed by atoms with E-state index in [0.717, 1.165) is 5.56 Å². The van der Waals surface area contributed by atoms with Gasteiger partial charge in [0.05, 0.1) is 18.9 Å². The maximum Gasteiger partial charge on any atom is 0.342 e. The molecule has 4 aromatic rings. The largest absolute Gasteiger partial charge is 0.508 e. The number of hydrogen-bond acceptors (Lipinski definition) is 6. The summed E-state index contributed by atoms with van der Waals surface area (Å²) < 4.78 is 12.3. The Morgan fingerprint density at radius 3 is 2.47 bits per heavy atom. The van der Waals surface area contributed by atoms with E-state index in [-0.39, 0.29) is 33.4 Å². The number of fused-ring (bicyclic) bond motifs is 1. The normalized spacial score (nSPS) is 11.6. The fourth-order valence-corrected chi connectivity index (χ4v) is 3.75. The second kappa shape index (κ2) is 8.68. The number of methoxy groups -OCH3 is 1. The third kappa shape index (κ3) is 3.88. The molecule has 32 heavy (non-hydrogen) atoms. The molecule has 0 saturated carbocycles. The van der Waals surface area contributed by atoms with Crippen molar-refractivity contribution in [1.29, 1.82) is 0 Å². The number of aromatic hydroxyl groups is 1. The molecule has 0 spiro atoms. The Morgan fingerprint density at radius 2 is 1.84 bits per heavy atom. The fourth-order valence-electron chi connectivity index (χ4n) is 3.45. The van der Waals surface area contributed by atoms with Gasteiger partial charge in [-0.3, -0.25) is 9.20 Å². The van der Waals surface area contributed by atoms with Gasteiger partial charge in [0.15, 0.2) is 0 Å². The standard InChI is InChI=1S/C24H20N2O5S/c1-3-31-24(29)20-19(15-6-10-17(30-2)11-7-15)13-26-21(20)25-22(28)18(23(26)32)12-14-4-8-16(27)9-5-14/h4-13,27H,3H2,1-2H3,(H,25,28). The smallest absolute Gasteiger partial charge is 0.342 e. The molecule has 162 valence electrons. The number of aromatic amines is 1. The van der Waals surface area contributed by atoms with Gasteiger partial charge < -0.3 is 19.6 Å². The van der Waals surface area contributed by atoms with Crippen LogP contribution in [0.25, 0.3) is 22.9 Å². The van der Waals surface area contributed by atoms with Crippen LogP contribution in [0.15, 0.2) is 59.5 Å². The van der Waals surface area contributed by atoms with E-state index in [9.17, 15) is 14.7 Å². The molecule has 0 atom stereocenters. The van der Waals surface area contributed by atoms with Gasteiger partial charge in [0.1, 0.15) is 27.4 Å². The van der Waals surface area contributed by atoms with E-state index < -0.39 is 11.5 Å². The third-order valence-corrected chi connectivity index (χ3v) is 5.43. The highest BCUT2D eigenvalue weighted by Crippen LogP contribution is 2.30. The number of ether oxygens (including phenoxy) is 2. The topological polar surface area (TPSA) is 93.0 Å². The van der Waals surface area contributed by atoms with Crippen LogP contribution in [0, 0.1) is 4.64 Å². The van der Waals surface area contributed by atoms with Gasteiger partial charge in [-0.2, -0.15) is 0 Å². The molecule has 0 bridgehead atoms. The zero-order valence-electron chi connectivity index (χ0n) is 17.4. The Hall–Kier alpha value is -3.91. The molecule has 4 rings (SSSR count). The van der Waals surface area contributed by atoms with Crippen LogP contribution in [0.4, 0.5) is 0 Å². The van der Waals surface area contributed by atoms with E-state index in [2.05, 4.69) is 4.98 Å². The number of phenolic OH excluding ortho intramolecular Hbond substituents is 1. The number of esters is 1. The maximum absolute atomic E-state index is 12.9. The number of aromatic nitrogens is 2. The van der Waals surface area contributed by atoms with Gasteiger partial charge >= 0.3 is 5.97 Å². The van der Waals surface area contributed by atoms with Crippen LogP contribution in [0.3, 0.4) is 0 Å². The summed E-state index contributed by atoms with van der Waals surface area (Å²) in [5.41, 5.74) is 2.10. The lowest BCUT2D eigenvalue weighted by Gasteiger charge is -2.06. The number of phenols is 1. The molecule has 0 unspecified atom stereocenters. The Bertz CT molecular complexity index is 1470. The van der Waals surface area contributed by atoms with Gasteiger partial charge in [0.25, 0.3) is 5.56 Å². The number of carbonyl (C=O) groups excluding carboxylic acids is 1. The van der Waals surface area contributed by atoms with Crippen LogP contribution >= 0.6 is 12.2 Å². The lowest BCUT2D eigenvalue weighted by Crippen LogP contribution is -2.30. The van der Waals surface area contributed by atoms with Crippen LogP contribution in [-0.2, 0) is 4.74 Å². The van der Waals surface area contributed by atoms with Gasteiger partial charge in [-0.25, -0.2) is 4.79 Å². The highest BCUT2D eigenvalue weighted by molar-refractivity contribution is 7.71. The van der Waals surface area contributed by atoms with E-state index in [1.54, 1.807) is 55.0 Å². The molecule has 8 heteroatoms. The Labute approximate surface area is 188 Å². The minimum atomic E-state index is -0.555. The number of rotatable bonds is 5. The van der Waals surface area contributed by atoms with Crippen molar-refractivity contribution in [1.82, 2.24) is 9.38 Å². The average Bonchev–Trinajstić information content (AvgIpc) is 3.17. The molecular formula is C24H20N2O5S. The zero-order chi connectivity index (χ0) is 22.8. The van der Waals surface area contributed by atoms with Crippen LogP contribution in [0.5, 0.6) is 11.5 Å². The Morgan fingerprint density at radius 1 is 1.16 bits per heavy atom. The van der Waals surface area contributed by atoms with E-state index in [4.69, 9.17) is 21.7 Å². The summed E-state index contributed by atoms with van der Waals surface area (Å²) in [6.45, 7) is 1.91. The van der Waals surface area contributed by atoms with Gasteiger partial charge in [-0.05, 0) is 48.4 Å². The van der Waals surface area contributed by atoms with Crippen LogP contribution in [-0.4, -0.2) is 34.2 Å². The van der Waals surface area contributed by atoms with E-state index in [1.807, 2.05) is 12.1 Å². The number of carbonyl (C=O) groups is 1. The SMILES string of the molecule is CCOC(=O)c1c(-c2ccc(OC)cc2)cn2c(=S)c(=Cc3ccc(O)cc3)c(=O)[nH]c12. The van der Waals surface area contributed by atoms with Gasteiger partial charge in [-0.1, -0.05) is 36.5 Å². The number of nitrogens with one attached hydrogen (secondary N) is 1. The lowest BCUT2D eigenvalue weighted by atomic mass is 10.0. The lowest BCUT2D eigenvalue weighted by molar-refractivity contribution is 0.0529. The monoisotopic (exact) mass is 448 g/mol. The van der Waals surface area contributed by atoms with Crippen molar-refractivity contribution in [2.75, 3.05) is 13.7 Å². The Balaban J connectivity index is 2.00. The van der Waals surface area contributed by atoms with Gasteiger partial charge in [-0.15, -0.1) is 0 Å². The predicted octanol–water partition coefficient (Wildman–Crippen LogP) is 3.46. The summed E-state index contributed by atoms with van der Waals surface area (Å²) in [6, 6.07) is 13.6. The number of nitrogens with zero attached hydrogens (tertiary/aromatic N) is 1. The first-order valence-electron chi connectivity index (χ1n) is 9.86. The fraction of sp³-hybridized carbons (Fsp3) is 0.125. The molecule has 0 amide bonds. The molecule has 2 N–H and O–H groups in total. The van der Waals surface area contributed by atoms with Crippen molar-refractivity contribution < 1.29 is 19.4 Å². The molecule has 2 heterocycles. The minimum absolute atomic E-state index is 0.124. The molecule has 2 aromatic carbocycles. The second-order valence-electron chi connectivity index (χ2n) is 6.99. The van der Waals surface area contributed by atoms with Crippen LogP contribution in [0.2, 0.25) is 0 Å². The molecule has 0 aliphatic rings. The van der Waals surface area contributed by atoms with Crippen LogP contribution in [0.1, 0.15) is 22.8 Å². The quantitative estimate of drug-likeness (QED) is 0.359. The summed E-state index contributed by atoms with van der Waals surface area (Å²) in [4.78, 5) is 28.5. The number of hydrogen-bond donors (Lipinski definition) is 2. The summed E-state index contributed by atoms with van der Waals surface area (Å²) >= 11 is 5.61. The van der Waals surface area contributed by atoms with E-state index in [1.165, 1.54) is 12.1 Å². The molecule has 2 aromatic heterocycles. The third-order valence-electron chi connectivity index (χ3n) is 5.02. The van der Waals surface area contributed by atoms with E-state index >= 15 is 0 Å². The maximum atomic E-state index is 12.9. The van der Waals surface area contributed by atoms with Crippen molar-refractivity contribution in [3.8, 4) is 22.6 Å². The first-order chi connectivity index (χ1) is 15.4. The van der Waals surface area contributed by atoms with E-state index in [0.29, 0.717) is 16.9 Å². The average molecular weight is 449 g/mol. The van der Waals surface area contributed by atoms with Crippen molar-refractivity contribution in [2.24, 2.45) is 0 Å². The summed E-state index contributed by atoms with van der Waals surface area (Å²) in [5, 5.41) is 9.75. The number of benzene rings is 2. The summed E-state index contributed by atoms with van der Waals surface area (Å²) in [7, 11) is 1.58. The molecule has 7 nitrogen and oxygen atoms in total. The van der Waals surface area contributed by atoms with Crippen molar-refractivity contribution in [3.05, 3.63) is 86.1 Å². The second-order valence-corrected chi connectivity index (χ2v) is 7.38. The molecule has 0 aliphatic carbocycles. The highest BCUT2D eigenvalue weighted by Gasteiger charge is 2.22. The molecule has 0 radical (unpaired) electrons. The van der Waals surface area contributed by atoms with Gasteiger partial charge in [0.2, 0.25) is 0 Å². The molecular weight excluding hydrogens is 428 g/mol. The molecule has 0 aliphatic heterocycles. The molecule has 0 saturated heterocycles. The highest BCUT2D eigenvalue weighted by atomic mass is 32.1. The zero-order valence-corrected chi connectivity index (χ0v) is 18.2. The van der Waals surface area contributed by atoms with Crippen molar-refractivity contribution in [3.63, 3.8) is 0 Å². The molecule has 0 fully saturated rings. The predicted molar refractivity (Wildman–Crippen MR) is 124 cm³/mol. The Kier molecular flexibility index (Phi) is 5.79. The van der Waals surface area contributed by atoms with Crippen LogP contribution < -0.4 is 15.5 Å². The summed E-state index contributed by atoms with van der Waals surface area (Å²) in [5.74, 6) is 0.248. The van der Waals surface area contributed by atoms with Crippen molar-refractivity contribution >= 4 is 29.9 Å². The first kappa shape index (κ1) is 21.3. The van der Waals surface area contributed by atoms with Gasteiger partial charge in [0, 0.05) is 11.8 Å². The first-order valence-corrected chi connectivity index (χ1v) is 10.3.